The van der Waals surface area contributed by atoms with Gasteiger partial charge in [-0.15, -0.1) is 11.3 Å². The number of nitrogens with two attached hydrogens (primary N) is 1. The lowest BCUT2D eigenvalue weighted by Crippen LogP contribution is -2.39. The first kappa shape index (κ1) is 14.9. The molecule has 1 aliphatic carbocycles. The van der Waals surface area contributed by atoms with Gasteiger partial charge >= 0.3 is 0 Å². The molecule has 0 spiro atoms. The van der Waals surface area contributed by atoms with Crippen LogP contribution in [0.15, 0.2) is 6.33 Å². The van der Waals surface area contributed by atoms with Gasteiger partial charge in [0.2, 0.25) is 5.91 Å². The van der Waals surface area contributed by atoms with Gasteiger partial charge in [0.15, 0.2) is 0 Å². The lowest BCUT2D eigenvalue weighted by Gasteiger charge is -2.31. The summed E-state index contributed by atoms with van der Waals surface area (Å²) in [5, 5.41) is 1.27. The Hall–Kier alpha value is -1.69. The molecule has 122 valence electrons. The molecule has 4 rings (SSSR count). The number of hydrogen-bond acceptors (Lipinski definition) is 5. The smallest absolute Gasteiger partial charge is 0.220 e. The predicted molar refractivity (Wildman–Crippen MR) is 92.8 cm³/mol. The van der Waals surface area contributed by atoms with E-state index < -0.39 is 0 Å². The van der Waals surface area contributed by atoms with Crippen molar-refractivity contribution >= 4 is 33.3 Å². The van der Waals surface area contributed by atoms with E-state index in [2.05, 4.69) is 14.9 Å². The van der Waals surface area contributed by atoms with Crippen LogP contribution in [0.4, 0.5) is 5.82 Å². The van der Waals surface area contributed by atoms with E-state index in [1.54, 1.807) is 6.33 Å². The number of primary amides is 1. The molecular formula is C17H22N4OS. The molecule has 5 nitrogen and oxygen atoms in total. The Morgan fingerprint density at radius 2 is 1.96 bits per heavy atom. The van der Waals surface area contributed by atoms with E-state index in [4.69, 9.17) is 5.73 Å². The monoisotopic (exact) mass is 330 g/mol. The second-order valence-corrected chi connectivity index (χ2v) is 7.69. The average molecular weight is 330 g/mol. The molecule has 0 saturated carbocycles. The van der Waals surface area contributed by atoms with Gasteiger partial charge in [0.1, 0.15) is 17.0 Å². The van der Waals surface area contributed by atoms with Crippen LogP contribution in [0.1, 0.15) is 42.5 Å². The van der Waals surface area contributed by atoms with E-state index >= 15 is 0 Å². The Balaban J connectivity index is 1.70. The summed E-state index contributed by atoms with van der Waals surface area (Å²) in [7, 11) is 0. The van der Waals surface area contributed by atoms with Gasteiger partial charge in [-0.25, -0.2) is 9.97 Å². The molecule has 2 aromatic heterocycles. The van der Waals surface area contributed by atoms with Crippen molar-refractivity contribution in [1.82, 2.24) is 9.97 Å². The fourth-order valence-corrected chi connectivity index (χ4v) is 5.09. The zero-order chi connectivity index (χ0) is 15.8. The van der Waals surface area contributed by atoms with Crippen LogP contribution in [-0.4, -0.2) is 29.0 Å². The molecule has 0 aromatic carbocycles. The maximum Gasteiger partial charge on any atom is 0.220 e. The van der Waals surface area contributed by atoms with Crippen LogP contribution in [0.2, 0.25) is 0 Å². The Morgan fingerprint density at radius 1 is 1.17 bits per heavy atom. The molecule has 2 aliphatic rings. The SMILES string of the molecule is NC(=O)C1CCN(c2ncnc3sc4c(c23)CCCCC4)CC1. The number of rotatable bonds is 2. The van der Waals surface area contributed by atoms with Crippen LogP contribution in [0.25, 0.3) is 10.2 Å². The number of carbonyl (C=O) groups is 1. The first-order valence-corrected chi connectivity index (χ1v) is 9.35. The molecule has 0 radical (unpaired) electrons. The van der Waals surface area contributed by atoms with Crippen molar-refractivity contribution in [3.8, 4) is 0 Å². The van der Waals surface area contributed by atoms with Gasteiger partial charge in [-0.1, -0.05) is 6.42 Å². The van der Waals surface area contributed by atoms with E-state index in [0.29, 0.717) is 0 Å². The van der Waals surface area contributed by atoms with E-state index in [0.717, 1.165) is 43.0 Å². The number of thiophene rings is 1. The van der Waals surface area contributed by atoms with Crippen LogP contribution >= 0.6 is 11.3 Å². The maximum absolute atomic E-state index is 11.4. The molecule has 0 unspecified atom stereocenters. The van der Waals surface area contributed by atoms with Gasteiger partial charge in [-0.05, 0) is 44.1 Å². The molecule has 1 aliphatic heterocycles. The summed E-state index contributed by atoms with van der Waals surface area (Å²) in [6, 6.07) is 0. The first-order valence-electron chi connectivity index (χ1n) is 8.53. The summed E-state index contributed by atoms with van der Waals surface area (Å²) in [6.45, 7) is 1.70. The van der Waals surface area contributed by atoms with Crippen molar-refractivity contribution in [3.05, 3.63) is 16.8 Å². The number of hydrogen-bond donors (Lipinski definition) is 1. The van der Waals surface area contributed by atoms with Crippen LogP contribution in [0, 0.1) is 5.92 Å². The molecule has 3 heterocycles. The summed E-state index contributed by atoms with van der Waals surface area (Å²) < 4.78 is 0. The largest absolute Gasteiger partial charge is 0.369 e. The number of fused-ring (bicyclic) bond motifs is 3. The number of anilines is 1. The number of nitrogens with zero attached hydrogens (tertiary/aromatic N) is 3. The van der Waals surface area contributed by atoms with Crippen LogP contribution in [-0.2, 0) is 17.6 Å². The molecule has 1 fully saturated rings. The van der Waals surface area contributed by atoms with Gasteiger partial charge < -0.3 is 10.6 Å². The second kappa shape index (κ2) is 6.07. The molecule has 1 amide bonds. The van der Waals surface area contributed by atoms with E-state index in [1.165, 1.54) is 41.5 Å². The summed E-state index contributed by atoms with van der Waals surface area (Å²) in [5.74, 6) is 0.919. The number of piperidine rings is 1. The van der Waals surface area contributed by atoms with Gasteiger partial charge in [0.25, 0.3) is 0 Å². The Morgan fingerprint density at radius 3 is 2.74 bits per heavy atom. The fraction of sp³-hybridized carbons (Fsp3) is 0.588. The third kappa shape index (κ3) is 2.69. The lowest BCUT2D eigenvalue weighted by molar-refractivity contribution is -0.122. The predicted octanol–water partition coefficient (Wildman–Crippen LogP) is 2.66. The summed E-state index contributed by atoms with van der Waals surface area (Å²) in [6.07, 6.45) is 9.53. The number of amides is 1. The van der Waals surface area contributed by atoms with Crippen molar-refractivity contribution < 1.29 is 4.79 Å². The van der Waals surface area contributed by atoms with Crippen molar-refractivity contribution in [2.75, 3.05) is 18.0 Å². The fourth-order valence-electron chi connectivity index (χ4n) is 3.87. The van der Waals surface area contributed by atoms with Crippen molar-refractivity contribution in [2.24, 2.45) is 11.7 Å². The Bertz CT molecular complexity index is 734. The molecule has 6 heteroatoms. The molecule has 1 saturated heterocycles. The summed E-state index contributed by atoms with van der Waals surface area (Å²) >= 11 is 1.84. The van der Waals surface area contributed by atoms with Crippen LogP contribution < -0.4 is 10.6 Å². The first-order chi connectivity index (χ1) is 11.2. The maximum atomic E-state index is 11.4. The molecule has 23 heavy (non-hydrogen) atoms. The molecule has 2 aromatic rings. The highest BCUT2D eigenvalue weighted by Crippen LogP contribution is 2.39. The highest BCUT2D eigenvalue weighted by molar-refractivity contribution is 7.18. The normalized spacial score (nSPS) is 19.6. The second-order valence-electron chi connectivity index (χ2n) is 6.61. The van der Waals surface area contributed by atoms with Crippen molar-refractivity contribution in [2.45, 2.75) is 44.9 Å². The zero-order valence-electron chi connectivity index (χ0n) is 13.3. The average Bonchev–Trinajstić information content (AvgIpc) is 2.76. The topological polar surface area (TPSA) is 72.1 Å². The highest BCUT2D eigenvalue weighted by atomic mass is 32.1. The molecule has 2 N–H and O–H groups in total. The number of aryl methyl sites for hydroxylation is 2. The molecule has 0 bridgehead atoms. The third-order valence-corrected chi connectivity index (χ3v) is 6.38. The minimum Gasteiger partial charge on any atom is -0.369 e. The quantitative estimate of drug-likeness (QED) is 0.859. The van der Waals surface area contributed by atoms with Gasteiger partial charge in [0.05, 0.1) is 5.39 Å². The zero-order valence-corrected chi connectivity index (χ0v) is 14.1. The standard InChI is InChI=1S/C17H22N4OS/c18-15(22)11-6-8-21(9-7-11)16-14-12-4-2-1-3-5-13(12)23-17(14)20-10-19-16/h10-11H,1-9H2,(H2,18,22). The van der Waals surface area contributed by atoms with Crippen molar-refractivity contribution in [1.29, 1.82) is 0 Å². The Kier molecular flexibility index (Phi) is 3.93. The molecule has 0 atom stereocenters. The highest BCUT2D eigenvalue weighted by Gasteiger charge is 2.27. The van der Waals surface area contributed by atoms with E-state index in [1.807, 2.05) is 11.3 Å². The van der Waals surface area contributed by atoms with Gasteiger partial charge in [0, 0.05) is 23.9 Å². The van der Waals surface area contributed by atoms with E-state index in [-0.39, 0.29) is 11.8 Å². The summed E-state index contributed by atoms with van der Waals surface area (Å²) in [5.41, 5.74) is 6.93. The van der Waals surface area contributed by atoms with Gasteiger partial charge in [-0.3, -0.25) is 4.79 Å². The van der Waals surface area contributed by atoms with Crippen molar-refractivity contribution in [3.63, 3.8) is 0 Å². The lowest BCUT2D eigenvalue weighted by atomic mass is 9.96. The number of aromatic nitrogens is 2. The third-order valence-electron chi connectivity index (χ3n) is 5.18. The minimum absolute atomic E-state index is 0.0168. The van der Waals surface area contributed by atoms with Crippen LogP contribution in [0.5, 0.6) is 0 Å². The Labute approximate surface area is 139 Å². The molecular weight excluding hydrogens is 308 g/mol. The van der Waals surface area contributed by atoms with Gasteiger partial charge in [-0.2, -0.15) is 0 Å². The minimum atomic E-state index is -0.165. The summed E-state index contributed by atoms with van der Waals surface area (Å²) in [4.78, 5) is 25.5. The number of carbonyl (C=O) groups excluding carboxylic acids is 1. The van der Waals surface area contributed by atoms with E-state index in [9.17, 15) is 4.79 Å². The van der Waals surface area contributed by atoms with Crippen LogP contribution in [0.3, 0.4) is 0 Å².